The molecule has 0 saturated heterocycles. The minimum Gasteiger partial charge on any atom is -0.0844 e. The van der Waals surface area contributed by atoms with Crippen molar-refractivity contribution in [2.24, 2.45) is 10.8 Å². The quantitative estimate of drug-likeness (QED) is 0.557. The molecule has 0 spiro atoms. The summed E-state index contributed by atoms with van der Waals surface area (Å²) in [4.78, 5) is 0. The zero-order chi connectivity index (χ0) is 9.16. The molecule has 0 aliphatic heterocycles. The van der Waals surface area contributed by atoms with Crippen molar-refractivity contribution in [3.63, 3.8) is 0 Å². The summed E-state index contributed by atoms with van der Waals surface area (Å²) >= 11 is 4.05. The summed E-state index contributed by atoms with van der Waals surface area (Å²) in [6.07, 6.45) is 12.0. The largest absolute Gasteiger partial charge is 0.0844 e. The molecule has 1 heteroatoms. The maximum Gasteiger partial charge on any atom is 0.0353 e. The Morgan fingerprint density at radius 3 is 1.38 bits per heavy atom. The molecule has 3 aliphatic rings. The van der Waals surface area contributed by atoms with E-state index in [2.05, 4.69) is 22.9 Å². The van der Waals surface area contributed by atoms with E-state index < -0.39 is 0 Å². The van der Waals surface area contributed by atoms with Gasteiger partial charge in [-0.25, -0.2) is 0 Å². The van der Waals surface area contributed by atoms with Crippen LogP contribution in [0.2, 0.25) is 0 Å². The van der Waals surface area contributed by atoms with Crippen LogP contribution in [0.25, 0.3) is 0 Å². The van der Waals surface area contributed by atoms with Gasteiger partial charge in [-0.05, 0) is 43.4 Å². The Kier molecular flexibility index (Phi) is 1.58. The molecule has 3 aliphatic carbocycles. The van der Waals surface area contributed by atoms with Gasteiger partial charge in [-0.2, -0.15) is 0 Å². The zero-order valence-corrected chi connectivity index (χ0v) is 10.1. The second-order valence-corrected chi connectivity index (χ2v) is 7.17. The lowest BCUT2D eigenvalue weighted by atomic mass is 9.71. The molecule has 0 aromatic rings. The molecule has 3 fully saturated rings. The molecule has 3 saturated carbocycles. The van der Waals surface area contributed by atoms with E-state index >= 15 is 0 Å². The molecule has 0 unspecified atom stereocenters. The standard InChI is InChI=1S/C12H19Br/c1-10(13)11-6-2-3-7-12(10,11)9-5-4-8-11/h2-9H2,1H3. The lowest BCUT2D eigenvalue weighted by Crippen LogP contribution is -2.22. The number of alkyl halides is 1. The van der Waals surface area contributed by atoms with Crippen LogP contribution in [0.3, 0.4) is 0 Å². The van der Waals surface area contributed by atoms with Gasteiger partial charge in [0.05, 0.1) is 0 Å². The van der Waals surface area contributed by atoms with Gasteiger partial charge in [-0.3, -0.25) is 0 Å². The smallest absolute Gasteiger partial charge is 0.0353 e. The van der Waals surface area contributed by atoms with E-state index in [0.717, 1.165) is 10.8 Å². The van der Waals surface area contributed by atoms with Crippen molar-refractivity contribution in [2.45, 2.75) is 62.6 Å². The first-order chi connectivity index (χ1) is 6.16. The highest BCUT2D eigenvalue weighted by atomic mass is 79.9. The fraction of sp³-hybridized carbons (Fsp3) is 1.00. The number of rotatable bonds is 0. The molecule has 0 amide bonds. The van der Waals surface area contributed by atoms with E-state index in [9.17, 15) is 0 Å². The van der Waals surface area contributed by atoms with Crippen LogP contribution in [0.4, 0.5) is 0 Å². The molecule has 0 aromatic heterocycles. The lowest BCUT2D eigenvalue weighted by molar-refractivity contribution is 0.171. The first-order valence-corrected chi connectivity index (χ1v) is 6.65. The molecular weight excluding hydrogens is 224 g/mol. The number of hydrogen-bond acceptors (Lipinski definition) is 0. The van der Waals surface area contributed by atoms with Gasteiger partial charge in [0.25, 0.3) is 0 Å². The summed E-state index contributed by atoms with van der Waals surface area (Å²) in [5.74, 6) is 0. The minimum atomic E-state index is 0.514. The molecule has 13 heavy (non-hydrogen) atoms. The van der Waals surface area contributed by atoms with Gasteiger partial charge in [-0.15, -0.1) is 0 Å². The fourth-order valence-electron chi connectivity index (χ4n) is 4.85. The maximum atomic E-state index is 4.05. The third kappa shape index (κ3) is 0.725. The molecule has 0 heterocycles. The second kappa shape index (κ2) is 2.35. The Labute approximate surface area is 89.6 Å². The summed E-state index contributed by atoms with van der Waals surface area (Å²) < 4.78 is 0.514. The van der Waals surface area contributed by atoms with E-state index in [1.807, 2.05) is 0 Å². The highest BCUT2D eigenvalue weighted by molar-refractivity contribution is 9.10. The Morgan fingerprint density at radius 1 is 0.769 bits per heavy atom. The topological polar surface area (TPSA) is 0 Å². The molecule has 0 bridgehead atoms. The Hall–Kier alpha value is 0.480. The molecule has 0 aromatic carbocycles. The predicted octanol–water partition coefficient (Wildman–Crippen LogP) is 4.27. The Bertz CT molecular complexity index is 206. The van der Waals surface area contributed by atoms with Crippen molar-refractivity contribution in [1.29, 1.82) is 0 Å². The van der Waals surface area contributed by atoms with Gasteiger partial charge < -0.3 is 0 Å². The Balaban J connectivity index is 2.02. The average Bonchev–Trinajstić information content (AvgIpc) is 2.61. The maximum absolute atomic E-state index is 4.05. The van der Waals surface area contributed by atoms with Crippen LogP contribution in [-0.2, 0) is 0 Å². The van der Waals surface area contributed by atoms with Crippen molar-refractivity contribution in [2.75, 3.05) is 0 Å². The van der Waals surface area contributed by atoms with Crippen molar-refractivity contribution >= 4 is 15.9 Å². The third-order valence-electron chi connectivity index (χ3n) is 5.57. The van der Waals surface area contributed by atoms with Gasteiger partial charge in [0.2, 0.25) is 0 Å². The first kappa shape index (κ1) is 8.76. The van der Waals surface area contributed by atoms with Crippen LogP contribution in [-0.4, -0.2) is 4.32 Å². The van der Waals surface area contributed by atoms with Gasteiger partial charge >= 0.3 is 0 Å². The third-order valence-corrected chi connectivity index (χ3v) is 7.08. The zero-order valence-electron chi connectivity index (χ0n) is 8.53. The summed E-state index contributed by atoms with van der Waals surface area (Å²) in [6.45, 7) is 2.48. The van der Waals surface area contributed by atoms with Gasteiger partial charge in [0, 0.05) is 4.32 Å². The molecule has 0 N–H and O–H groups in total. The summed E-state index contributed by atoms with van der Waals surface area (Å²) in [7, 11) is 0. The SMILES string of the molecule is CC1(Br)C23CCCCC12CCCC3. The van der Waals surface area contributed by atoms with Crippen molar-refractivity contribution in [3.8, 4) is 0 Å². The fourth-order valence-corrected chi connectivity index (χ4v) is 6.31. The minimum absolute atomic E-state index is 0.514. The Morgan fingerprint density at radius 2 is 1.08 bits per heavy atom. The normalized spacial score (nSPS) is 59.5. The lowest BCUT2D eigenvalue weighted by Gasteiger charge is -2.33. The van der Waals surface area contributed by atoms with Gasteiger partial charge in [0.1, 0.15) is 0 Å². The van der Waals surface area contributed by atoms with Crippen molar-refractivity contribution in [1.82, 2.24) is 0 Å². The van der Waals surface area contributed by atoms with Crippen molar-refractivity contribution in [3.05, 3.63) is 0 Å². The molecule has 0 atom stereocenters. The van der Waals surface area contributed by atoms with Crippen LogP contribution in [0.1, 0.15) is 58.3 Å². The van der Waals surface area contributed by atoms with Gasteiger partial charge in [-0.1, -0.05) is 41.6 Å². The van der Waals surface area contributed by atoms with Crippen LogP contribution in [0.15, 0.2) is 0 Å². The summed E-state index contributed by atoms with van der Waals surface area (Å²) in [6, 6.07) is 0. The molecular formula is C12H19Br. The van der Waals surface area contributed by atoms with E-state index in [0.29, 0.717) is 4.32 Å². The summed E-state index contributed by atoms with van der Waals surface area (Å²) in [5.41, 5.74) is 1.47. The van der Waals surface area contributed by atoms with Crippen molar-refractivity contribution < 1.29 is 0 Å². The van der Waals surface area contributed by atoms with E-state index in [-0.39, 0.29) is 0 Å². The second-order valence-electron chi connectivity index (χ2n) is 5.58. The number of hydrogen-bond donors (Lipinski definition) is 0. The van der Waals surface area contributed by atoms with E-state index in [1.54, 1.807) is 0 Å². The van der Waals surface area contributed by atoms with Gasteiger partial charge in [0.15, 0.2) is 0 Å². The van der Waals surface area contributed by atoms with E-state index in [1.165, 1.54) is 51.4 Å². The monoisotopic (exact) mass is 242 g/mol. The van der Waals surface area contributed by atoms with Crippen LogP contribution < -0.4 is 0 Å². The first-order valence-electron chi connectivity index (χ1n) is 5.85. The molecule has 3 rings (SSSR count). The average molecular weight is 243 g/mol. The molecule has 74 valence electrons. The van der Waals surface area contributed by atoms with Crippen LogP contribution in [0, 0.1) is 10.8 Å². The van der Waals surface area contributed by atoms with Crippen LogP contribution >= 0.6 is 15.9 Å². The predicted molar refractivity (Wildman–Crippen MR) is 59.1 cm³/mol. The van der Waals surface area contributed by atoms with Crippen LogP contribution in [0.5, 0.6) is 0 Å². The highest BCUT2D eigenvalue weighted by Gasteiger charge is 2.82. The molecule has 0 nitrogen and oxygen atoms in total. The van der Waals surface area contributed by atoms with E-state index in [4.69, 9.17) is 0 Å². The molecule has 0 radical (unpaired) electrons. The highest BCUT2D eigenvalue weighted by Crippen LogP contribution is 2.86. The number of halogens is 1. The summed E-state index contributed by atoms with van der Waals surface area (Å²) in [5, 5.41) is 0.